The Kier molecular flexibility index (Phi) is 4.53. The predicted octanol–water partition coefficient (Wildman–Crippen LogP) is 4.90. The Morgan fingerprint density at radius 3 is 2.52 bits per heavy atom. The number of aryl methyl sites for hydroxylation is 1. The number of esters is 1. The van der Waals surface area contributed by atoms with E-state index in [4.69, 9.17) is 4.74 Å². The zero-order valence-electron chi connectivity index (χ0n) is 13.0. The van der Waals surface area contributed by atoms with E-state index in [1.54, 1.807) is 6.08 Å². The summed E-state index contributed by atoms with van der Waals surface area (Å²) >= 11 is 0. The molecule has 0 saturated carbocycles. The van der Waals surface area contributed by atoms with Crippen LogP contribution in [0.3, 0.4) is 0 Å². The third-order valence-corrected chi connectivity index (χ3v) is 3.72. The summed E-state index contributed by atoms with van der Waals surface area (Å²) < 4.78 is 5.28. The molecule has 3 aromatic rings. The van der Waals surface area contributed by atoms with Crippen molar-refractivity contribution in [3.05, 3.63) is 89.5 Å². The van der Waals surface area contributed by atoms with E-state index >= 15 is 0 Å². The molecule has 0 spiro atoms. The predicted molar refractivity (Wildman–Crippen MR) is 94.0 cm³/mol. The van der Waals surface area contributed by atoms with Gasteiger partial charge in [0, 0.05) is 6.08 Å². The molecule has 2 nitrogen and oxygen atoms in total. The van der Waals surface area contributed by atoms with E-state index in [9.17, 15) is 4.79 Å². The first-order valence-corrected chi connectivity index (χ1v) is 7.60. The molecule has 0 radical (unpaired) electrons. The van der Waals surface area contributed by atoms with Crippen LogP contribution in [0.2, 0.25) is 0 Å². The Bertz CT molecular complexity index is 840. The first-order valence-electron chi connectivity index (χ1n) is 7.60. The number of ether oxygens (including phenoxy) is 1. The van der Waals surface area contributed by atoms with E-state index in [1.807, 2.05) is 61.5 Å². The van der Waals surface area contributed by atoms with Crippen molar-refractivity contribution < 1.29 is 9.53 Å². The largest absolute Gasteiger partial charge is 0.458 e. The van der Waals surface area contributed by atoms with Crippen LogP contribution in [0.25, 0.3) is 16.8 Å². The van der Waals surface area contributed by atoms with Gasteiger partial charge in [0.1, 0.15) is 6.61 Å². The number of carbonyl (C=O) groups is 1. The van der Waals surface area contributed by atoms with Crippen LogP contribution < -0.4 is 0 Å². The van der Waals surface area contributed by atoms with Gasteiger partial charge in [0.25, 0.3) is 0 Å². The van der Waals surface area contributed by atoms with E-state index in [2.05, 4.69) is 12.1 Å². The van der Waals surface area contributed by atoms with Crippen LogP contribution in [0.5, 0.6) is 0 Å². The molecule has 0 unspecified atom stereocenters. The molecular formula is C21H18O2. The van der Waals surface area contributed by atoms with Gasteiger partial charge in [-0.15, -0.1) is 0 Å². The van der Waals surface area contributed by atoms with Crippen molar-refractivity contribution in [3.63, 3.8) is 0 Å². The summed E-state index contributed by atoms with van der Waals surface area (Å²) in [4.78, 5) is 11.9. The summed E-state index contributed by atoms with van der Waals surface area (Å²) in [6.45, 7) is 2.32. The molecule has 3 aromatic carbocycles. The van der Waals surface area contributed by atoms with Crippen LogP contribution in [0.1, 0.15) is 16.7 Å². The summed E-state index contributed by atoms with van der Waals surface area (Å²) in [5, 5.41) is 2.28. The first kappa shape index (κ1) is 15.0. The van der Waals surface area contributed by atoms with Crippen LogP contribution in [0.15, 0.2) is 72.8 Å². The molecule has 23 heavy (non-hydrogen) atoms. The normalized spacial score (nSPS) is 11.0. The van der Waals surface area contributed by atoms with Crippen molar-refractivity contribution in [1.29, 1.82) is 0 Å². The first-order chi connectivity index (χ1) is 11.2. The third-order valence-electron chi connectivity index (χ3n) is 3.72. The number of hydrogen-bond donors (Lipinski definition) is 0. The summed E-state index contributed by atoms with van der Waals surface area (Å²) in [6.07, 6.45) is 3.29. The number of benzene rings is 3. The smallest absolute Gasteiger partial charge is 0.331 e. The summed E-state index contributed by atoms with van der Waals surface area (Å²) in [6, 6.07) is 22.1. The van der Waals surface area contributed by atoms with Gasteiger partial charge in [-0.1, -0.05) is 72.3 Å². The van der Waals surface area contributed by atoms with Crippen molar-refractivity contribution in [1.82, 2.24) is 0 Å². The highest BCUT2D eigenvalue weighted by atomic mass is 16.5. The Labute approximate surface area is 136 Å². The topological polar surface area (TPSA) is 26.3 Å². The average molecular weight is 302 g/mol. The molecule has 0 heterocycles. The van der Waals surface area contributed by atoms with Crippen LogP contribution in [-0.2, 0) is 16.1 Å². The molecule has 3 rings (SSSR count). The number of rotatable bonds is 4. The molecular weight excluding hydrogens is 284 g/mol. The van der Waals surface area contributed by atoms with Crippen LogP contribution >= 0.6 is 0 Å². The van der Waals surface area contributed by atoms with Gasteiger partial charge in [0.2, 0.25) is 0 Å². The van der Waals surface area contributed by atoms with Gasteiger partial charge in [-0.05, 0) is 34.9 Å². The minimum atomic E-state index is -0.335. The fourth-order valence-electron chi connectivity index (χ4n) is 2.44. The quantitative estimate of drug-likeness (QED) is 0.506. The maximum atomic E-state index is 11.9. The second kappa shape index (κ2) is 6.93. The maximum Gasteiger partial charge on any atom is 0.331 e. The summed E-state index contributed by atoms with van der Waals surface area (Å²) in [7, 11) is 0. The molecule has 0 aliphatic rings. The van der Waals surface area contributed by atoms with Gasteiger partial charge in [-0.25, -0.2) is 4.79 Å². The van der Waals surface area contributed by atoms with Gasteiger partial charge in [0.05, 0.1) is 0 Å². The molecule has 0 aromatic heterocycles. The number of carbonyl (C=O) groups excluding carboxylic acids is 1. The molecule has 114 valence electrons. The fraction of sp³-hybridized carbons (Fsp3) is 0.0952. The highest BCUT2D eigenvalue weighted by Crippen LogP contribution is 2.19. The van der Waals surface area contributed by atoms with E-state index in [0.717, 1.165) is 21.9 Å². The van der Waals surface area contributed by atoms with E-state index in [1.165, 1.54) is 11.6 Å². The second-order valence-corrected chi connectivity index (χ2v) is 5.50. The van der Waals surface area contributed by atoms with E-state index in [0.29, 0.717) is 6.61 Å². The molecule has 0 bridgehead atoms. The Balaban J connectivity index is 1.67. The fourth-order valence-corrected chi connectivity index (χ4v) is 2.44. The standard InChI is InChI=1S/C21H18O2/c1-16-9-11-17(12-10-16)15-23-21(22)14-13-19-7-4-6-18-5-2-3-8-20(18)19/h2-14H,15H2,1H3/b14-13+. The van der Waals surface area contributed by atoms with Gasteiger partial charge in [-0.2, -0.15) is 0 Å². The molecule has 0 amide bonds. The molecule has 0 aliphatic carbocycles. The van der Waals surface area contributed by atoms with Crippen LogP contribution in [-0.4, -0.2) is 5.97 Å². The lowest BCUT2D eigenvalue weighted by Crippen LogP contribution is -2.00. The third kappa shape index (κ3) is 3.86. The van der Waals surface area contributed by atoms with Crippen molar-refractivity contribution >= 4 is 22.8 Å². The lowest BCUT2D eigenvalue weighted by molar-refractivity contribution is -0.138. The Hall–Kier alpha value is -2.87. The summed E-state index contributed by atoms with van der Waals surface area (Å²) in [5.74, 6) is -0.335. The average Bonchev–Trinajstić information content (AvgIpc) is 2.59. The highest BCUT2D eigenvalue weighted by molar-refractivity contribution is 5.94. The monoisotopic (exact) mass is 302 g/mol. The Morgan fingerprint density at radius 2 is 1.70 bits per heavy atom. The van der Waals surface area contributed by atoms with Gasteiger partial charge in [0.15, 0.2) is 0 Å². The van der Waals surface area contributed by atoms with Crippen molar-refractivity contribution in [2.75, 3.05) is 0 Å². The SMILES string of the molecule is Cc1ccc(COC(=O)/C=C/c2cccc3ccccc23)cc1. The van der Waals surface area contributed by atoms with Crippen molar-refractivity contribution in [2.24, 2.45) is 0 Å². The molecule has 0 aliphatic heterocycles. The minimum Gasteiger partial charge on any atom is -0.458 e. The number of hydrogen-bond acceptors (Lipinski definition) is 2. The van der Waals surface area contributed by atoms with Crippen LogP contribution in [0, 0.1) is 6.92 Å². The van der Waals surface area contributed by atoms with Crippen molar-refractivity contribution in [3.8, 4) is 0 Å². The Morgan fingerprint density at radius 1 is 0.957 bits per heavy atom. The zero-order chi connectivity index (χ0) is 16.1. The van der Waals surface area contributed by atoms with Gasteiger partial charge >= 0.3 is 5.97 Å². The van der Waals surface area contributed by atoms with Gasteiger partial charge in [-0.3, -0.25) is 0 Å². The zero-order valence-corrected chi connectivity index (χ0v) is 13.0. The highest BCUT2D eigenvalue weighted by Gasteiger charge is 2.01. The second-order valence-electron chi connectivity index (χ2n) is 5.50. The summed E-state index contributed by atoms with van der Waals surface area (Å²) in [5.41, 5.74) is 3.19. The maximum absolute atomic E-state index is 11.9. The number of fused-ring (bicyclic) bond motifs is 1. The molecule has 0 atom stereocenters. The minimum absolute atomic E-state index is 0.291. The molecule has 0 N–H and O–H groups in total. The molecule has 0 saturated heterocycles. The van der Waals surface area contributed by atoms with Crippen LogP contribution in [0.4, 0.5) is 0 Å². The molecule has 2 heteroatoms. The lowest BCUT2D eigenvalue weighted by Gasteiger charge is -2.03. The van der Waals surface area contributed by atoms with Crippen molar-refractivity contribution in [2.45, 2.75) is 13.5 Å². The lowest BCUT2D eigenvalue weighted by atomic mass is 10.0. The van der Waals surface area contributed by atoms with Gasteiger partial charge < -0.3 is 4.74 Å². The van der Waals surface area contributed by atoms with E-state index < -0.39 is 0 Å². The van der Waals surface area contributed by atoms with E-state index in [-0.39, 0.29) is 5.97 Å². The molecule has 0 fully saturated rings.